The molecule has 0 aromatic heterocycles. The molecule has 0 atom stereocenters. The van der Waals surface area contributed by atoms with Crippen molar-refractivity contribution in [2.75, 3.05) is 0 Å². The van der Waals surface area contributed by atoms with Gasteiger partial charge in [0, 0.05) is 0 Å². The minimum absolute atomic E-state index is 1.68. The number of hydrogen-bond acceptors (Lipinski definition) is 2. The third-order valence-corrected chi connectivity index (χ3v) is 4.33. The minimum atomic E-state index is -6.41. The number of benzene rings is 2. The Labute approximate surface area is 169 Å². The fraction of sp³-hybridized carbons (Fsp3) is 0.188. The third-order valence-electron chi connectivity index (χ3n) is 4.33. The number of hydrogen-bond donors (Lipinski definition) is 0. The summed E-state index contributed by atoms with van der Waals surface area (Å²) >= 11 is 0. The molecule has 0 saturated heterocycles. The maximum atomic E-state index is 14.7. The van der Waals surface area contributed by atoms with E-state index in [9.17, 15) is 65.9 Å². The summed E-state index contributed by atoms with van der Waals surface area (Å²) < 4.78 is 211. The molecule has 0 amide bonds. The molecule has 0 unspecified atom stereocenters. The molecule has 0 radical (unpaired) electrons. The zero-order chi connectivity index (χ0) is 25.4. The largest absolute Gasteiger partial charge is 0.431 e. The van der Waals surface area contributed by atoms with Crippen molar-refractivity contribution in [1.29, 1.82) is 0 Å². The normalized spacial score (nSPS) is 18.9. The summed E-state index contributed by atoms with van der Waals surface area (Å²) in [5.74, 6) is -36.3. The first-order chi connectivity index (χ1) is 14.9. The molecule has 0 N–H and O–H groups in total. The minimum Gasteiger partial charge on any atom is -0.246 e. The van der Waals surface area contributed by atoms with Gasteiger partial charge in [0.1, 0.15) is 0 Å². The van der Waals surface area contributed by atoms with Gasteiger partial charge in [0.15, 0.2) is 46.5 Å². The maximum Gasteiger partial charge on any atom is 0.431 e. The number of halogens is 15. The smallest absolute Gasteiger partial charge is 0.246 e. The van der Waals surface area contributed by atoms with E-state index in [0.29, 0.717) is 0 Å². The van der Waals surface area contributed by atoms with E-state index in [1.165, 1.54) is 0 Å². The lowest BCUT2D eigenvalue weighted by Crippen LogP contribution is -2.58. The second-order valence-electron chi connectivity index (χ2n) is 6.14. The van der Waals surface area contributed by atoms with E-state index in [1.54, 1.807) is 4.99 Å². The molecule has 1 heterocycles. The van der Waals surface area contributed by atoms with Gasteiger partial charge in [-0.1, -0.05) is 0 Å². The Kier molecular flexibility index (Phi) is 5.42. The van der Waals surface area contributed by atoms with Crippen LogP contribution in [0.15, 0.2) is 4.99 Å². The topological polar surface area (TPSA) is 21.6 Å². The van der Waals surface area contributed by atoms with Crippen LogP contribution in [0.2, 0.25) is 0 Å². The van der Waals surface area contributed by atoms with Crippen LogP contribution < -0.4 is 0 Å². The fourth-order valence-electron chi connectivity index (χ4n) is 2.93. The van der Waals surface area contributed by atoms with E-state index < -0.39 is 93.0 Å². The average Bonchev–Trinajstić information content (AvgIpc) is 2.71. The van der Waals surface area contributed by atoms with Gasteiger partial charge in [0.25, 0.3) is 5.97 Å². The van der Waals surface area contributed by atoms with Crippen LogP contribution >= 0.6 is 0 Å². The van der Waals surface area contributed by atoms with E-state index in [4.69, 9.17) is 0 Å². The summed E-state index contributed by atoms with van der Waals surface area (Å²) in [4.78, 5) is 1.68. The molecule has 0 fully saturated rings. The average molecular weight is 507 g/mol. The quantitative estimate of drug-likeness (QED) is 0.282. The summed E-state index contributed by atoms with van der Waals surface area (Å²) in [6.45, 7) is 0. The lowest BCUT2D eigenvalue weighted by atomic mass is 9.79. The molecule has 0 saturated carbocycles. The maximum absolute atomic E-state index is 14.7. The number of rotatable bonds is 2. The summed E-state index contributed by atoms with van der Waals surface area (Å²) in [6.07, 6.45) is -12.3. The lowest BCUT2D eigenvalue weighted by molar-refractivity contribution is -0.378. The predicted octanol–water partition coefficient (Wildman–Crippen LogP) is 5.91. The van der Waals surface area contributed by atoms with Gasteiger partial charge in [-0.2, -0.15) is 22.0 Å². The van der Waals surface area contributed by atoms with Gasteiger partial charge in [-0.15, -0.1) is 0 Å². The van der Waals surface area contributed by atoms with Crippen molar-refractivity contribution < 1.29 is 70.6 Å². The third kappa shape index (κ3) is 3.07. The van der Waals surface area contributed by atoms with Crippen molar-refractivity contribution in [2.24, 2.45) is 4.99 Å². The highest BCUT2D eigenvalue weighted by molar-refractivity contribution is 5.83. The van der Waals surface area contributed by atoms with Gasteiger partial charge < -0.3 is 0 Å². The molecular weight excluding hydrogens is 507 g/mol. The standard InChI is InChI=1S/C16F15NO/c17-3-1(4(18)8(22)11(25)7(3)21)14(16(30,31)33-15(28,29)13(27)32-14)2-5(19)9(23)12(26)10(24)6(2)20. The first-order valence-corrected chi connectivity index (χ1v) is 7.69. The Morgan fingerprint density at radius 3 is 1.03 bits per heavy atom. The molecule has 17 heteroatoms. The molecular formula is C16F15NO. The molecule has 0 aliphatic carbocycles. The van der Waals surface area contributed by atoms with Crippen molar-refractivity contribution in [1.82, 2.24) is 0 Å². The monoisotopic (exact) mass is 507 g/mol. The van der Waals surface area contributed by atoms with Crippen molar-refractivity contribution >= 4 is 5.97 Å². The highest BCUT2D eigenvalue weighted by Gasteiger charge is 2.71. The number of ether oxygens (including phenoxy) is 1. The molecule has 1 aliphatic rings. The lowest BCUT2D eigenvalue weighted by Gasteiger charge is -2.41. The second-order valence-corrected chi connectivity index (χ2v) is 6.14. The van der Waals surface area contributed by atoms with Crippen LogP contribution in [0.3, 0.4) is 0 Å². The van der Waals surface area contributed by atoms with Crippen LogP contribution in [0.25, 0.3) is 0 Å². The molecule has 2 nitrogen and oxygen atoms in total. The highest BCUT2D eigenvalue weighted by Crippen LogP contribution is 2.56. The van der Waals surface area contributed by atoms with Crippen LogP contribution in [0.5, 0.6) is 0 Å². The van der Waals surface area contributed by atoms with Gasteiger partial charge >= 0.3 is 12.2 Å². The summed E-state index contributed by atoms with van der Waals surface area (Å²) in [5, 5.41) is 0. The van der Waals surface area contributed by atoms with Gasteiger partial charge in [-0.3, -0.25) is 0 Å². The van der Waals surface area contributed by atoms with Crippen LogP contribution in [0, 0.1) is 58.2 Å². The SMILES string of the molecule is FC1=NC(c2c(F)c(F)c(F)c(F)c2F)(c2c(F)c(F)c(F)c(F)c2F)C(F)(F)OC1(F)F. The molecule has 2 aromatic rings. The van der Waals surface area contributed by atoms with Crippen LogP contribution in [0.1, 0.15) is 11.1 Å². The molecule has 0 bridgehead atoms. The number of nitrogens with zero attached hydrogens (tertiary/aromatic N) is 1. The Balaban J connectivity index is 2.73. The fourth-order valence-corrected chi connectivity index (χ4v) is 2.93. The molecule has 33 heavy (non-hydrogen) atoms. The van der Waals surface area contributed by atoms with Crippen LogP contribution in [-0.2, 0) is 10.3 Å². The Morgan fingerprint density at radius 2 is 0.727 bits per heavy atom. The predicted molar refractivity (Wildman–Crippen MR) is 72.8 cm³/mol. The van der Waals surface area contributed by atoms with Gasteiger partial charge in [-0.05, 0) is 0 Å². The molecule has 0 spiro atoms. The zero-order valence-electron chi connectivity index (χ0n) is 14.5. The van der Waals surface area contributed by atoms with Crippen molar-refractivity contribution in [2.45, 2.75) is 17.8 Å². The zero-order valence-corrected chi connectivity index (χ0v) is 14.5. The summed E-state index contributed by atoms with van der Waals surface area (Å²) in [5.41, 5.74) is -12.2. The Bertz CT molecular complexity index is 1090. The van der Waals surface area contributed by atoms with Gasteiger partial charge in [0.05, 0.1) is 11.1 Å². The molecule has 180 valence electrons. The summed E-state index contributed by atoms with van der Waals surface area (Å²) in [6, 6.07) is 0. The molecule has 3 rings (SSSR count). The second kappa shape index (κ2) is 7.26. The molecule has 2 aromatic carbocycles. The Morgan fingerprint density at radius 1 is 0.455 bits per heavy atom. The number of alkyl halides is 4. The van der Waals surface area contributed by atoms with E-state index in [0.717, 1.165) is 0 Å². The van der Waals surface area contributed by atoms with Gasteiger partial charge in [-0.25, -0.2) is 53.6 Å². The van der Waals surface area contributed by atoms with Crippen LogP contribution in [-0.4, -0.2) is 18.2 Å². The van der Waals surface area contributed by atoms with E-state index in [2.05, 4.69) is 4.74 Å². The number of aliphatic imine (C=N–C) groups is 1. The van der Waals surface area contributed by atoms with Crippen molar-refractivity contribution in [3.63, 3.8) is 0 Å². The van der Waals surface area contributed by atoms with Crippen molar-refractivity contribution in [3.05, 3.63) is 69.3 Å². The molecule has 1 aliphatic heterocycles. The van der Waals surface area contributed by atoms with E-state index in [1.807, 2.05) is 0 Å². The van der Waals surface area contributed by atoms with E-state index >= 15 is 0 Å². The summed E-state index contributed by atoms with van der Waals surface area (Å²) in [7, 11) is 0. The highest BCUT2D eigenvalue weighted by atomic mass is 19.3. The van der Waals surface area contributed by atoms with E-state index in [-0.39, 0.29) is 0 Å². The first-order valence-electron chi connectivity index (χ1n) is 7.69. The van der Waals surface area contributed by atoms with Gasteiger partial charge in [0.2, 0.25) is 17.2 Å². The van der Waals surface area contributed by atoms with Crippen molar-refractivity contribution in [3.8, 4) is 0 Å². The first kappa shape index (κ1) is 24.7. The Hall–Kier alpha value is -2.98. The van der Waals surface area contributed by atoms with Crippen LogP contribution in [0.4, 0.5) is 65.9 Å².